The van der Waals surface area contributed by atoms with E-state index in [9.17, 15) is 0 Å². The second-order valence-corrected chi connectivity index (χ2v) is 14.1. The van der Waals surface area contributed by atoms with E-state index in [1.54, 1.807) is 18.6 Å². The summed E-state index contributed by atoms with van der Waals surface area (Å²) in [6.45, 7) is 10.3. The molecule has 0 aliphatic carbocycles. The molecular formula is C35H51N11. The Bertz CT molecular complexity index is 1280. The van der Waals surface area contributed by atoms with Gasteiger partial charge in [0.05, 0.1) is 29.2 Å². The second-order valence-electron chi connectivity index (χ2n) is 14.1. The number of rotatable bonds is 3. The number of anilines is 3. The molecule has 0 saturated carbocycles. The van der Waals surface area contributed by atoms with Crippen LogP contribution in [0.3, 0.4) is 0 Å². The van der Waals surface area contributed by atoms with Gasteiger partial charge in [-0.2, -0.15) is 5.10 Å². The van der Waals surface area contributed by atoms with Crippen molar-refractivity contribution in [2.75, 3.05) is 80.7 Å². The summed E-state index contributed by atoms with van der Waals surface area (Å²) < 4.78 is 0. The minimum Gasteiger partial charge on any atom is -0.368 e. The topological polar surface area (TPSA) is 101 Å². The molecule has 3 aromatic rings. The summed E-state index contributed by atoms with van der Waals surface area (Å²) in [5, 5.41) is 15.1. The summed E-state index contributed by atoms with van der Waals surface area (Å²) >= 11 is 0. The summed E-state index contributed by atoms with van der Waals surface area (Å²) in [5.74, 6) is 2.08. The molecule has 6 fully saturated rings. The molecule has 0 radical (unpaired) electrons. The van der Waals surface area contributed by atoms with Crippen LogP contribution < -0.4 is 25.3 Å². The minimum absolute atomic E-state index is 0.329. The SMILES string of the molecule is CN1CCCC12CCN(c1cccnc1)C2.c1cnc(N2CCCC23CCNC3)cn1.c1cnnc(N2CCCC23CCNC3)c1. The molecular weight excluding hydrogens is 574 g/mol. The van der Waals surface area contributed by atoms with E-state index < -0.39 is 0 Å². The van der Waals surface area contributed by atoms with Crippen LogP contribution in [-0.2, 0) is 0 Å². The van der Waals surface area contributed by atoms with Crippen LogP contribution in [0.5, 0.6) is 0 Å². The predicted molar refractivity (Wildman–Crippen MR) is 183 cm³/mol. The van der Waals surface area contributed by atoms with Crippen molar-refractivity contribution in [1.82, 2.24) is 40.7 Å². The maximum absolute atomic E-state index is 4.42. The lowest BCUT2D eigenvalue weighted by atomic mass is 9.95. The van der Waals surface area contributed by atoms with E-state index >= 15 is 0 Å². The van der Waals surface area contributed by atoms with Crippen LogP contribution >= 0.6 is 0 Å². The zero-order valence-electron chi connectivity index (χ0n) is 27.5. The monoisotopic (exact) mass is 625 g/mol. The molecule has 0 amide bonds. The van der Waals surface area contributed by atoms with Crippen LogP contribution in [-0.4, -0.2) is 113 Å². The Kier molecular flexibility index (Phi) is 9.33. The standard InChI is InChI=1S/C13H19N3.2C11H16N4/c1-15-8-3-5-13(15)6-9-16(11-13)12-4-2-7-14-10-12;1-3-10(14-13-6-1)15-8-2-4-11(15)5-7-12-9-11;1-2-11(3-4-13-9-11)15(7-1)10-8-12-5-6-14-10/h2,4,7,10H,3,5-6,8-9,11H2,1H3;1,3,6,12H,2,4-5,7-9H2;5-6,8,13H,1-4,7,9H2. The van der Waals surface area contributed by atoms with Crippen molar-refractivity contribution in [3.8, 4) is 0 Å². The third kappa shape index (κ3) is 6.29. The fourth-order valence-corrected chi connectivity index (χ4v) is 9.01. The largest absolute Gasteiger partial charge is 0.368 e. The third-order valence-electron chi connectivity index (χ3n) is 11.6. The Morgan fingerprint density at radius 3 is 1.93 bits per heavy atom. The van der Waals surface area contributed by atoms with Gasteiger partial charge in [-0.1, -0.05) is 0 Å². The summed E-state index contributed by atoms with van der Waals surface area (Å²) in [6, 6.07) is 8.23. The highest BCUT2D eigenvalue weighted by Gasteiger charge is 2.45. The first-order valence-corrected chi connectivity index (χ1v) is 17.5. The lowest BCUT2D eigenvalue weighted by Crippen LogP contribution is -2.46. The number of likely N-dealkylation sites (tertiary alicyclic amines) is 1. The van der Waals surface area contributed by atoms with Gasteiger partial charge in [0.1, 0.15) is 5.82 Å². The Morgan fingerprint density at radius 1 is 0.652 bits per heavy atom. The Morgan fingerprint density at radius 2 is 1.35 bits per heavy atom. The molecule has 6 saturated heterocycles. The normalized spacial score (nSPS) is 30.3. The van der Waals surface area contributed by atoms with Crippen molar-refractivity contribution in [2.24, 2.45) is 0 Å². The predicted octanol–water partition coefficient (Wildman–Crippen LogP) is 3.37. The molecule has 3 atom stereocenters. The second kappa shape index (κ2) is 13.8. The Labute approximate surface area is 274 Å². The van der Waals surface area contributed by atoms with Crippen molar-refractivity contribution in [2.45, 2.75) is 74.4 Å². The maximum atomic E-state index is 4.42. The molecule has 0 bridgehead atoms. The fraction of sp³-hybridized carbons (Fsp3) is 0.629. The smallest absolute Gasteiger partial charge is 0.151 e. The van der Waals surface area contributed by atoms with Crippen molar-refractivity contribution >= 4 is 17.3 Å². The maximum Gasteiger partial charge on any atom is 0.151 e. The van der Waals surface area contributed by atoms with Crippen LogP contribution in [0, 0.1) is 0 Å². The van der Waals surface area contributed by atoms with E-state index in [0.29, 0.717) is 16.6 Å². The zero-order chi connectivity index (χ0) is 31.3. The summed E-state index contributed by atoms with van der Waals surface area (Å²) in [5.41, 5.74) is 2.39. The first-order chi connectivity index (χ1) is 22.6. The number of hydrogen-bond acceptors (Lipinski definition) is 11. The van der Waals surface area contributed by atoms with Gasteiger partial charge in [0, 0.05) is 69.6 Å². The number of nitrogens with zero attached hydrogens (tertiary/aromatic N) is 9. The molecule has 6 aliphatic heterocycles. The summed E-state index contributed by atoms with van der Waals surface area (Å²) in [6.07, 6.45) is 22.6. The third-order valence-corrected chi connectivity index (χ3v) is 11.6. The van der Waals surface area contributed by atoms with Crippen LogP contribution in [0.4, 0.5) is 17.3 Å². The number of aromatic nitrogens is 5. The van der Waals surface area contributed by atoms with E-state index in [2.05, 4.69) is 74.6 Å². The highest BCUT2D eigenvalue weighted by atomic mass is 15.3. The molecule has 11 nitrogen and oxygen atoms in total. The van der Waals surface area contributed by atoms with E-state index in [0.717, 1.165) is 50.9 Å². The zero-order valence-corrected chi connectivity index (χ0v) is 27.5. The van der Waals surface area contributed by atoms with Crippen LogP contribution in [0.15, 0.2) is 61.4 Å². The van der Waals surface area contributed by atoms with E-state index in [1.807, 2.05) is 30.7 Å². The Hall–Kier alpha value is -3.41. The molecule has 0 aromatic carbocycles. The molecule has 246 valence electrons. The average Bonchev–Trinajstić information content (AvgIpc) is 3.98. The first-order valence-electron chi connectivity index (χ1n) is 17.5. The van der Waals surface area contributed by atoms with Gasteiger partial charge in [-0.15, -0.1) is 5.10 Å². The van der Waals surface area contributed by atoms with Crippen molar-refractivity contribution in [3.05, 3.63) is 61.4 Å². The van der Waals surface area contributed by atoms with Crippen molar-refractivity contribution < 1.29 is 0 Å². The van der Waals surface area contributed by atoms with Gasteiger partial charge in [-0.25, -0.2) is 4.98 Å². The van der Waals surface area contributed by atoms with E-state index in [4.69, 9.17) is 0 Å². The first kappa shape index (κ1) is 31.2. The lowest BCUT2D eigenvalue weighted by Gasteiger charge is -2.35. The number of pyridine rings is 1. The molecule has 6 aliphatic rings. The average molecular weight is 626 g/mol. The molecule has 3 aromatic heterocycles. The van der Waals surface area contributed by atoms with Crippen molar-refractivity contribution in [3.63, 3.8) is 0 Å². The quantitative estimate of drug-likeness (QED) is 0.448. The van der Waals surface area contributed by atoms with Gasteiger partial charge in [0.2, 0.25) is 0 Å². The number of hydrogen-bond donors (Lipinski definition) is 2. The molecule has 2 N–H and O–H groups in total. The molecule has 46 heavy (non-hydrogen) atoms. The number of nitrogens with one attached hydrogen (secondary N) is 2. The molecule has 3 unspecified atom stereocenters. The Balaban J connectivity index is 0.000000110. The van der Waals surface area contributed by atoms with Gasteiger partial charge in [0.25, 0.3) is 0 Å². The van der Waals surface area contributed by atoms with Gasteiger partial charge in [0.15, 0.2) is 5.82 Å². The molecule has 11 heteroatoms. The summed E-state index contributed by atoms with van der Waals surface area (Å²) in [4.78, 5) is 22.7. The van der Waals surface area contributed by atoms with Gasteiger partial charge in [-0.3, -0.25) is 14.9 Å². The van der Waals surface area contributed by atoms with Crippen LogP contribution in [0.1, 0.15) is 57.8 Å². The van der Waals surface area contributed by atoms with E-state index in [1.165, 1.54) is 83.1 Å². The van der Waals surface area contributed by atoms with E-state index in [-0.39, 0.29) is 0 Å². The molecule has 3 spiro atoms. The highest BCUT2D eigenvalue weighted by molar-refractivity contribution is 5.46. The highest BCUT2D eigenvalue weighted by Crippen LogP contribution is 2.39. The fourth-order valence-electron chi connectivity index (χ4n) is 9.01. The van der Waals surface area contributed by atoms with Crippen LogP contribution in [0.2, 0.25) is 0 Å². The lowest BCUT2D eigenvalue weighted by molar-refractivity contribution is 0.198. The van der Waals surface area contributed by atoms with Crippen LogP contribution in [0.25, 0.3) is 0 Å². The molecule has 9 heterocycles. The molecule has 9 rings (SSSR count). The number of likely N-dealkylation sites (N-methyl/N-ethyl adjacent to an activating group) is 1. The van der Waals surface area contributed by atoms with Gasteiger partial charge < -0.3 is 25.3 Å². The van der Waals surface area contributed by atoms with Crippen molar-refractivity contribution in [1.29, 1.82) is 0 Å². The minimum atomic E-state index is 0.329. The summed E-state index contributed by atoms with van der Waals surface area (Å²) in [7, 11) is 2.28. The van der Waals surface area contributed by atoms with Gasteiger partial charge in [-0.05, 0) is 109 Å². The van der Waals surface area contributed by atoms with Gasteiger partial charge >= 0.3 is 0 Å².